The zero-order chi connectivity index (χ0) is 20.2. The van der Waals surface area contributed by atoms with Crippen LogP contribution < -0.4 is 4.90 Å². The molecule has 2 aliphatic rings. The summed E-state index contributed by atoms with van der Waals surface area (Å²) in [7, 11) is 0. The average molecular weight is 412 g/mol. The van der Waals surface area contributed by atoms with E-state index in [1.54, 1.807) is 24.1 Å². The summed E-state index contributed by atoms with van der Waals surface area (Å²) >= 11 is 1.56. The number of anilines is 1. The van der Waals surface area contributed by atoms with Crippen LogP contribution in [0.4, 0.5) is 11.4 Å². The monoisotopic (exact) mass is 411 g/mol. The second kappa shape index (κ2) is 9.18. The summed E-state index contributed by atoms with van der Waals surface area (Å²) in [5.74, 6) is 0. The van der Waals surface area contributed by atoms with Gasteiger partial charge in [0.25, 0.3) is 5.69 Å². The maximum Gasteiger partial charge on any atom is 0.284 e. The molecule has 1 saturated carbocycles. The number of aryl methyl sites for hydroxylation is 1. The van der Waals surface area contributed by atoms with Crippen LogP contribution in [0.25, 0.3) is 0 Å². The van der Waals surface area contributed by atoms with E-state index in [2.05, 4.69) is 34.3 Å². The zero-order valence-electron chi connectivity index (χ0n) is 17.0. The Morgan fingerprint density at radius 1 is 1.17 bits per heavy atom. The van der Waals surface area contributed by atoms with E-state index in [0.29, 0.717) is 6.04 Å². The molecule has 0 aromatic heterocycles. The molecule has 0 bridgehead atoms. The van der Waals surface area contributed by atoms with Crippen molar-refractivity contribution in [1.29, 1.82) is 0 Å². The summed E-state index contributed by atoms with van der Waals surface area (Å²) in [6, 6.07) is 14.5. The van der Waals surface area contributed by atoms with Crippen LogP contribution in [0.15, 0.2) is 47.4 Å². The molecule has 1 aliphatic carbocycles. The van der Waals surface area contributed by atoms with Crippen molar-refractivity contribution in [2.75, 3.05) is 18.0 Å². The van der Waals surface area contributed by atoms with Gasteiger partial charge in [-0.3, -0.25) is 10.1 Å². The van der Waals surface area contributed by atoms with Gasteiger partial charge < -0.3 is 4.90 Å². The van der Waals surface area contributed by atoms with Gasteiger partial charge >= 0.3 is 0 Å². The standard InChI is InChI=1S/C23H29N3O2S/c1-2-24-15-7-8-19-16-18(13-14-21(19)24)17-25(20-9-3-4-10-20)29-23-12-6-5-11-22(23)26(27)28/h5-6,11-14,16,20H,2-4,7-10,15,17H2,1H3. The van der Waals surface area contributed by atoms with Gasteiger partial charge in [0.1, 0.15) is 4.90 Å². The van der Waals surface area contributed by atoms with Crippen molar-refractivity contribution >= 4 is 23.3 Å². The minimum Gasteiger partial charge on any atom is -0.372 e. The largest absolute Gasteiger partial charge is 0.372 e. The van der Waals surface area contributed by atoms with E-state index >= 15 is 0 Å². The van der Waals surface area contributed by atoms with Crippen molar-refractivity contribution in [3.8, 4) is 0 Å². The zero-order valence-corrected chi connectivity index (χ0v) is 17.9. The second-order valence-corrected chi connectivity index (χ2v) is 9.07. The topological polar surface area (TPSA) is 49.6 Å². The number of para-hydroxylation sites is 1. The molecule has 0 saturated heterocycles. The molecular formula is C23H29N3O2S. The maximum absolute atomic E-state index is 11.5. The fourth-order valence-corrected chi connectivity index (χ4v) is 5.78. The lowest BCUT2D eigenvalue weighted by molar-refractivity contribution is -0.387. The lowest BCUT2D eigenvalue weighted by atomic mass is 9.99. The van der Waals surface area contributed by atoms with Gasteiger partial charge in [-0.1, -0.05) is 37.1 Å². The Labute approximate surface area is 177 Å². The van der Waals surface area contributed by atoms with Gasteiger partial charge in [-0.25, -0.2) is 4.31 Å². The van der Waals surface area contributed by atoms with Crippen LogP contribution in [0.5, 0.6) is 0 Å². The molecule has 0 unspecified atom stereocenters. The summed E-state index contributed by atoms with van der Waals surface area (Å²) < 4.78 is 2.39. The van der Waals surface area contributed by atoms with E-state index in [9.17, 15) is 10.1 Å². The smallest absolute Gasteiger partial charge is 0.284 e. The van der Waals surface area contributed by atoms with Crippen LogP contribution in [0.3, 0.4) is 0 Å². The summed E-state index contributed by atoms with van der Waals surface area (Å²) in [6.45, 7) is 5.23. The first kappa shape index (κ1) is 20.2. The molecule has 0 radical (unpaired) electrons. The first-order valence-electron chi connectivity index (χ1n) is 10.7. The third-order valence-corrected chi connectivity index (χ3v) is 7.29. The molecule has 1 fully saturated rings. The minimum absolute atomic E-state index is 0.199. The Hall–Kier alpha value is -2.05. The molecule has 4 rings (SSSR count). The third-order valence-electron chi connectivity index (χ3n) is 6.09. The van der Waals surface area contributed by atoms with Gasteiger partial charge in [0.05, 0.1) is 4.92 Å². The fraction of sp³-hybridized carbons (Fsp3) is 0.478. The van der Waals surface area contributed by atoms with Gasteiger partial charge in [0.2, 0.25) is 0 Å². The van der Waals surface area contributed by atoms with Crippen LogP contribution in [-0.4, -0.2) is 28.4 Å². The van der Waals surface area contributed by atoms with Crippen LogP contribution in [0.2, 0.25) is 0 Å². The van der Waals surface area contributed by atoms with Crippen LogP contribution in [0.1, 0.15) is 50.2 Å². The van der Waals surface area contributed by atoms with Gasteiger partial charge in [-0.15, -0.1) is 0 Å². The van der Waals surface area contributed by atoms with E-state index in [0.717, 1.165) is 31.0 Å². The van der Waals surface area contributed by atoms with Crippen LogP contribution >= 0.6 is 11.9 Å². The molecule has 0 N–H and O–H groups in total. The van der Waals surface area contributed by atoms with E-state index in [4.69, 9.17) is 0 Å². The highest BCUT2D eigenvalue weighted by Crippen LogP contribution is 2.38. The predicted molar refractivity (Wildman–Crippen MR) is 119 cm³/mol. The number of hydrogen-bond acceptors (Lipinski definition) is 5. The van der Waals surface area contributed by atoms with Crippen molar-refractivity contribution < 1.29 is 4.92 Å². The number of hydrogen-bond donors (Lipinski definition) is 0. The molecule has 154 valence electrons. The molecule has 29 heavy (non-hydrogen) atoms. The number of nitro groups is 1. The molecule has 0 amide bonds. The summed E-state index contributed by atoms with van der Waals surface area (Å²) in [6.07, 6.45) is 7.18. The second-order valence-electron chi connectivity index (χ2n) is 7.98. The Morgan fingerprint density at radius 2 is 1.97 bits per heavy atom. The Bertz CT molecular complexity index is 867. The molecule has 5 nitrogen and oxygen atoms in total. The number of rotatable bonds is 7. The Kier molecular flexibility index (Phi) is 6.40. The highest BCUT2D eigenvalue weighted by molar-refractivity contribution is 7.97. The van der Waals surface area contributed by atoms with Crippen molar-refractivity contribution in [3.05, 3.63) is 63.7 Å². The SMILES string of the molecule is CCN1CCCc2cc(CN(Sc3ccccc3[N+](=O)[O-])C3CCCC3)ccc21. The molecule has 2 aromatic carbocycles. The van der Waals surface area contributed by atoms with Crippen LogP contribution in [0, 0.1) is 10.1 Å². The lowest BCUT2D eigenvalue weighted by Gasteiger charge is -2.32. The summed E-state index contributed by atoms with van der Waals surface area (Å²) in [5.41, 5.74) is 4.32. The first-order chi connectivity index (χ1) is 14.2. The minimum atomic E-state index is -0.270. The van der Waals surface area contributed by atoms with E-state index in [-0.39, 0.29) is 10.6 Å². The number of nitrogens with zero attached hydrogens (tertiary/aromatic N) is 3. The molecule has 1 aliphatic heterocycles. The van der Waals surface area contributed by atoms with Crippen molar-refractivity contribution in [2.45, 2.75) is 62.9 Å². The van der Waals surface area contributed by atoms with Gasteiger partial charge in [0.15, 0.2) is 0 Å². The van der Waals surface area contributed by atoms with E-state index < -0.39 is 0 Å². The number of benzene rings is 2. The van der Waals surface area contributed by atoms with E-state index in [1.165, 1.54) is 48.9 Å². The first-order valence-corrected chi connectivity index (χ1v) is 11.5. The van der Waals surface area contributed by atoms with Crippen molar-refractivity contribution in [2.24, 2.45) is 0 Å². The maximum atomic E-state index is 11.5. The summed E-state index contributed by atoms with van der Waals surface area (Å²) in [5, 5.41) is 11.5. The highest BCUT2D eigenvalue weighted by Gasteiger charge is 2.27. The lowest BCUT2D eigenvalue weighted by Crippen LogP contribution is -2.29. The predicted octanol–water partition coefficient (Wildman–Crippen LogP) is 5.82. The molecular weight excluding hydrogens is 382 g/mol. The molecule has 2 aromatic rings. The van der Waals surface area contributed by atoms with Gasteiger partial charge in [-0.05, 0) is 67.8 Å². The number of fused-ring (bicyclic) bond motifs is 1. The summed E-state index contributed by atoms with van der Waals surface area (Å²) in [4.78, 5) is 14.4. The quantitative estimate of drug-likeness (QED) is 0.326. The van der Waals surface area contributed by atoms with E-state index in [1.807, 2.05) is 12.1 Å². The number of nitro benzene ring substituents is 1. The fourth-order valence-electron chi connectivity index (χ4n) is 4.57. The molecule has 0 spiro atoms. The molecule has 0 atom stereocenters. The molecule has 1 heterocycles. The van der Waals surface area contributed by atoms with Gasteiger partial charge in [-0.2, -0.15) is 0 Å². The van der Waals surface area contributed by atoms with Crippen molar-refractivity contribution in [3.63, 3.8) is 0 Å². The normalized spacial score (nSPS) is 17.0. The highest BCUT2D eigenvalue weighted by atomic mass is 32.2. The van der Waals surface area contributed by atoms with Crippen molar-refractivity contribution in [1.82, 2.24) is 4.31 Å². The third kappa shape index (κ3) is 4.59. The molecule has 6 heteroatoms. The average Bonchev–Trinajstić information content (AvgIpc) is 3.28. The Morgan fingerprint density at radius 3 is 2.72 bits per heavy atom. The van der Waals surface area contributed by atoms with Gasteiger partial charge in [0, 0.05) is 37.4 Å². The Balaban J connectivity index is 1.58. The van der Waals surface area contributed by atoms with Crippen LogP contribution in [-0.2, 0) is 13.0 Å².